The van der Waals surface area contributed by atoms with Gasteiger partial charge in [0.1, 0.15) is 5.75 Å². The number of aromatic nitrogens is 2. The van der Waals surface area contributed by atoms with Crippen LogP contribution in [0.3, 0.4) is 0 Å². The molecule has 30 heavy (non-hydrogen) atoms. The normalized spacial score (nSPS) is 14.7. The zero-order valence-electron chi connectivity index (χ0n) is 16.8. The Kier molecular flexibility index (Phi) is 6.30. The first kappa shape index (κ1) is 20.4. The Bertz CT molecular complexity index is 998. The zero-order chi connectivity index (χ0) is 20.9. The quantitative estimate of drug-likeness (QED) is 0.597. The molecule has 1 saturated heterocycles. The number of amides is 1. The Morgan fingerprint density at radius 2 is 1.90 bits per heavy atom. The minimum absolute atomic E-state index is 0.00715. The third kappa shape index (κ3) is 4.80. The highest BCUT2D eigenvalue weighted by molar-refractivity contribution is 6.30. The van der Waals surface area contributed by atoms with Gasteiger partial charge < -0.3 is 14.2 Å². The molecule has 1 aromatic heterocycles. The standard InChI is InChI=1S/C22H23ClN4O3/c1-2-29-19-8-6-16(7-9-19)21-24-20(30-25-21)15-26-10-12-27(13-11-26)22(28)17-4-3-5-18(23)14-17/h3-9,14H,2,10-13,15H2,1H3. The molecule has 0 atom stereocenters. The van der Waals surface area contributed by atoms with Crippen molar-refractivity contribution < 1.29 is 14.1 Å². The topological polar surface area (TPSA) is 71.7 Å². The summed E-state index contributed by atoms with van der Waals surface area (Å²) in [4.78, 5) is 21.2. The fraction of sp³-hybridized carbons (Fsp3) is 0.318. The lowest BCUT2D eigenvalue weighted by atomic mass is 10.2. The number of hydrogen-bond acceptors (Lipinski definition) is 6. The monoisotopic (exact) mass is 426 g/mol. The fourth-order valence-corrected chi connectivity index (χ4v) is 3.60. The molecule has 156 valence electrons. The van der Waals surface area contributed by atoms with Gasteiger partial charge in [-0.15, -0.1) is 0 Å². The van der Waals surface area contributed by atoms with Crippen LogP contribution in [0.4, 0.5) is 0 Å². The lowest BCUT2D eigenvalue weighted by Gasteiger charge is -2.34. The van der Waals surface area contributed by atoms with Crippen molar-refractivity contribution in [3.8, 4) is 17.1 Å². The average molecular weight is 427 g/mol. The molecule has 0 radical (unpaired) electrons. The Morgan fingerprint density at radius 1 is 1.13 bits per heavy atom. The van der Waals surface area contributed by atoms with Crippen molar-refractivity contribution in [1.29, 1.82) is 0 Å². The van der Waals surface area contributed by atoms with Gasteiger partial charge in [-0.2, -0.15) is 4.98 Å². The molecule has 0 bridgehead atoms. The molecule has 0 unspecified atom stereocenters. The SMILES string of the molecule is CCOc1ccc(-c2noc(CN3CCN(C(=O)c4cccc(Cl)c4)CC3)n2)cc1. The minimum Gasteiger partial charge on any atom is -0.494 e. The number of benzene rings is 2. The lowest BCUT2D eigenvalue weighted by molar-refractivity contribution is 0.0615. The van der Waals surface area contributed by atoms with E-state index in [0.29, 0.717) is 48.5 Å². The van der Waals surface area contributed by atoms with Gasteiger partial charge in [-0.3, -0.25) is 9.69 Å². The first-order chi connectivity index (χ1) is 14.6. The molecule has 2 aromatic carbocycles. The van der Waals surface area contributed by atoms with E-state index < -0.39 is 0 Å². The van der Waals surface area contributed by atoms with Crippen LogP contribution in [-0.2, 0) is 6.54 Å². The van der Waals surface area contributed by atoms with Crippen LogP contribution in [0.25, 0.3) is 11.4 Å². The summed E-state index contributed by atoms with van der Waals surface area (Å²) in [5.41, 5.74) is 1.50. The van der Waals surface area contributed by atoms with Gasteiger partial charge in [0.15, 0.2) is 0 Å². The molecule has 4 rings (SSSR count). The van der Waals surface area contributed by atoms with E-state index in [2.05, 4.69) is 15.0 Å². The molecular formula is C22H23ClN4O3. The maximum atomic E-state index is 12.6. The summed E-state index contributed by atoms with van der Waals surface area (Å²) in [6.45, 7) is 5.91. The highest BCUT2D eigenvalue weighted by Gasteiger charge is 2.23. The Labute approximate surface area is 180 Å². The average Bonchev–Trinajstić information content (AvgIpc) is 3.23. The lowest BCUT2D eigenvalue weighted by Crippen LogP contribution is -2.48. The van der Waals surface area contributed by atoms with Gasteiger partial charge in [0, 0.05) is 42.3 Å². The van der Waals surface area contributed by atoms with Gasteiger partial charge in [-0.25, -0.2) is 0 Å². The predicted octanol–water partition coefficient (Wildman–Crippen LogP) is 3.75. The molecule has 1 aliphatic heterocycles. The van der Waals surface area contributed by atoms with Crippen molar-refractivity contribution in [3.63, 3.8) is 0 Å². The molecule has 2 heterocycles. The van der Waals surface area contributed by atoms with E-state index in [0.717, 1.165) is 24.4 Å². The molecule has 3 aromatic rings. The molecule has 8 heteroatoms. The van der Waals surface area contributed by atoms with Crippen LogP contribution in [0.1, 0.15) is 23.2 Å². The number of halogens is 1. The summed E-state index contributed by atoms with van der Waals surface area (Å²) >= 11 is 6.00. The van der Waals surface area contributed by atoms with Gasteiger partial charge in [-0.1, -0.05) is 22.8 Å². The van der Waals surface area contributed by atoms with Crippen molar-refractivity contribution in [3.05, 3.63) is 65.0 Å². The Balaban J connectivity index is 1.32. The van der Waals surface area contributed by atoms with E-state index in [1.54, 1.807) is 24.3 Å². The third-order valence-corrected chi connectivity index (χ3v) is 5.22. The number of carbonyl (C=O) groups is 1. The smallest absolute Gasteiger partial charge is 0.253 e. The van der Waals surface area contributed by atoms with Crippen molar-refractivity contribution >= 4 is 17.5 Å². The van der Waals surface area contributed by atoms with E-state index in [4.69, 9.17) is 20.9 Å². The van der Waals surface area contributed by atoms with E-state index in [9.17, 15) is 4.79 Å². The summed E-state index contributed by atoms with van der Waals surface area (Å²) in [7, 11) is 0. The summed E-state index contributed by atoms with van der Waals surface area (Å²) in [5.74, 6) is 1.94. The van der Waals surface area contributed by atoms with Crippen molar-refractivity contribution in [2.75, 3.05) is 32.8 Å². The summed E-state index contributed by atoms with van der Waals surface area (Å²) in [5, 5.41) is 4.66. The summed E-state index contributed by atoms with van der Waals surface area (Å²) < 4.78 is 10.9. The highest BCUT2D eigenvalue weighted by atomic mass is 35.5. The van der Waals surface area contributed by atoms with Crippen LogP contribution in [0.5, 0.6) is 5.75 Å². The predicted molar refractivity (Wildman–Crippen MR) is 114 cm³/mol. The van der Waals surface area contributed by atoms with Gasteiger partial charge in [0.25, 0.3) is 5.91 Å². The molecule has 0 spiro atoms. The van der Waals surface area contributed by atoms with E-state index in [1.807, 2.05) is 36.1 Å². The second-order valence-electron chi connectivity index (χ2n) is 7.05. The van der Waals surface area contributed by atoms with Gasteiger partial charge in [0.2, 0.25) is 11.7 Å². The molecule has 0 N–H and O–H groups in total. The first-order valence-corrected chi connectivity index (χ1v) is 10.3. The second-order valence-corrected chi connectivity index (χ2v) is 7.48. The van der Waals surface area contributed by atoms with Gasteiger partial charge in [0.05, 0.1) is 13.2 Å². The van der Waals surface area contributed by atoms with Gasteiger partial charge in [-0.05, 0) is 49.4 Å². The van der Waals surface area contributed by atoms with Crippen LogP contribution >= 0.6 is 11.6 Å². The van der Waals surface area contributed by atoms with Crippen LogP contribution in [0.15, 0.2) is 53.1 Å². The molecule has 1 fully saturated rings. The third-order valence-electron chi connectivity index (χ3n) is 4.98. The maximum absolute atomic E-state index is 12.6. The van der Waals surface area contributed by atoms with Crippen LogP contribution in [-0.4, -0.2) is 58.6 Å². The van der Waals surface area contributed by atoms with Crippen LogP contribution in [0, 0.1) is 0 Å². The van der Waals surface area contributed by atoms with Crippen molar-refractivity contribution in [2.24, 2.45) is 0 Å². The maximum Gasteiger partial charge on any atom is 0.253 e. The zero-order valence-corrected chi connectivity index (χ0v) is 17.5. The minimum atomic E-state index is 0.00715. The number of nitrogens with zero attached hydrogens (tertiary/aromatic N) is 4. The number of piperazine rings is 1. The number of rotatable bonds is 6. The summed E-state index contributed by atoms with van der Waals surface area (Å²) in [6, 6.07) is 14.7. The molecule has 0 aliphatic carbocycles. The molecule has 1 amide bonds. The number of ether oxygens (including phenoxy) is 1. The highest BCUT2D eigenvalue weighted by Crippen LogP contribution is 2.21. The van der Waals surface area contributed by atoms with Gasteiger partial charge >= 0.3 is 0 Å². The van der Waals surface area contributed by atoms with Crippen molar-refractivity contribution in [1.82, 2.24) is 19.9 Å². The fourth-order valence-electron chi connectivity index (χ4n) is 3.41. The Morgan fingerprint density at radius 3 is 2.60 bits per heavy atom. The largest absolute Gasteiger partial charge is 0.494 e. The Hall–Kier alpha value is -2.90. The number of hydrogen-bond donors (Lipinski definition) is 0. The first-order valence-electron chi connectivity index (χ1n) is 9.95. The molecular weight excluding hydrogens is 404 g/mol. The van der Waals surface area contributed by atoms with Crippen LogP contribution in [0.2, 0.25) is 5.02 Å². The molecule has 1 aliphatic rings. The molecule has 7 nitrogen and oxygen atoms in total. The van der Waals surface area contributed by atoms with E-state index in [-0.39, 0.29) is 5.91 Å². The van der Waals surface area contributed by atoms with E-state index >= 15 is 0 Å². The number of carbonyl (C=O) groups excluding carboxylic acids is 1. The van der Waals surface area contributed by atoms with E-state index in [1.165, 1.54) is 0 Å². The van der Waals surface area contributed by atoms with Crippen molar-refractivity contribution in [2.45, 2.75) is 13.5 Å². The second kappa shape index (κ2) is 9.28. The van der Waals surface area contributed by atoms with Crippen LogP contribution < -0.4 is 4.74 Å². The molecule has 0 saturated carbocycles. The summed E-state index contributed by atoms with van der Waals surface area (Å²) in [6.07, 6.45) is 0.